The van der Waals surface area contributed by atoms with Gasteiger partial charge in [0.05, 0.1) is 17.2 Å². The summed E-state index contributed by atoms with van der Waals surface area (Å²) >= 11 is 0. The minimum atomic E-state index is -1.16. The van der Waals surface area contributed by atoms with Crippen molar-refractivity contribution in [2.45, 2.75) is 58.1 Å². The number of aromatic nitrogens is 5. The summed E-state index contributed by atoms with van der Waals surface area (Å²) in [6.45, 7) is 5.72. The van der Waals surface area contributed by atoms with E-state index in [4.69, 9.17) is 5.10 Å². The maximum Gasteiger partial charge on any atom is 0.278 e. The summed E-state index contributed by atoms with van der Waals surface area (Å²) in [4.78, 5) is 21.5. The smallest absolute Gasteiger partial charge is 0.278 e. The molecule has 0 atom stereocenters. The van der Waals surface area contributed by atoms with Crippen molar-refractivity contribution in [1.82, 2.24) is 24.1 Å². The minimum absolute atomic E-state index is 0.236. The molecule has 3 heterocycles. The number of fused-ring (bicyclic) bond motifs is 2. The summed E-state index contributed by atoms with van der Waals surface area (Å²) in [5.74, 6) is 0.401. The van der Waals surface area contributed by atoms with Crippen molar-refractivity contribution in [3.63, 3.8) is 0 Å². The summed E-state index contributed by atoms with van der Waals surface area (Å²) < 4.78 is 3.76. The molecular weight excluding hydrogens is 404 g/mol. The number of anilines is 1. The summed E-state index contributed by atoms with van der Waals surface area (Å²) in [6, 6.07) is 5.93. The number of nitrogens with one attached hydrogen (secondary N) is 1. The Morgan fingerprint density at radius 2 is 1.97 bits per heavy atom. The normalized spacial score (nSPS) is 19.5. The maximum absolute atomic E-state index is 13.1. The van der Waals surface area contributed by atoms with Gasteiger partial charge in [0.25, 0.3) is 5.91 Å². The number of benzene rings is 1. The molecule has 32 heavy (non-hydrogen) atoms. The van der Waals surface area contributed by atoms with Crippen molar-refractivity contribution in [2.24, 2.45) is 5.92 Å². The van der Waals surface area contributed by atoms with Gasteiger partial charge in [-0.2, -0.15) is 5.10 Å². The van der Waals surface area contributed by atoms with Gasteiger partial charge in [-0.25, -0.2) is 9.97 Å². The van der Waals surface area contributed by atoms with Crippen LogP contribution in [0.1, 0.15) is 68.5 Å². The lowest BCUT2D eigenvalue weighted by Crippen LogP contribution is -2.21. The van der Waals surface area contributed by atoms with Gasteiger partial charge in [-0.05, 0) is 63.6 Å². The third-order valence-corrected chi connectivity index (χ3v) is 6.44. The van der Waals surface area contributed by atoms with E-state index in [1.54, 1.807) is 43.0 Å². The first kappa shape index (κ1) is 20.6. The van der Waals surface area contributed by atoms with Crippen molar-refractivity contribution < 1.29 is 9.90 Å². The topological polar surface area (TPSA) is 97.3 Å². The second-order valence-corrected chi connectivity index (χ2v) is 9.44. The Morgan fingerprint density at radius 3 is 2.72 bits per heavy atom. The molecule has 0 bridgehead atoms. The van der Waals surface area contributed by atoms with E-state index in [1.165, 1.54) is 12.8 Å². The van der Waals surface area contributed by atoms with E-state index in [9.17, 15) is 9.90 Å². The molecule has 1 saturated carbocycles. The average Bonchev–Trinajstić information content (AvgIpc) is 3.37. The standard InChI is InChI=1S/C24H28N6O2/c1-15-5-7-17(8-6-15)30-13-16-11-20(18(24(2,3)32)12-19(16)28-30)27-23(31)21-22-25-9-4-10-29(22)14-26-21/h4,9-15,17,32H,5-8H2,1-3H3,(H,27,31)/t15-,17-. The fraction of sp³-hybridized carbons (Fsp3) is 0.417. The third-order valence-electron chi connectivity index (χ3n) is 6.44. The van der Waals surface area contributed by atoms with Crippen molar-refractivity contribution in [1.29, 1.82) is 0 Å². The van der Waals surface area contributed by atoms with Crippen molar-refractivity contribution >= 4 is 28.1 Å². The Hall–Kier alpha value is -3.26. The Labute approximate surface area is 186 Å². The molecule has 4 aromatic rings. The number of carbonyl (C=O) groups excluding carboxylic acids is 1. The average molecular weight is 433 g/mol. The van der Waals surface area contributed by atoms with Gasteiger partial charge in [-0.3, -0.25) is 13.9 Å². The van der Waals surface area contributed by atoms with Crippen LogP contribution >= 0.6 is 0 Å². The molecule has 1 fully saturated rings. The number of hydrogen-bond acceptors (Lipinski definition) is 5. The molecule has 0 radical (unpaired) electrons. The molecule has 2 N–H and O–H groups in total. The van der Waals surface area contributed by atoms with Crippen LogP contribution in [-0.4, -0.2) is 35.2 Å². The van der Waals surface area contributed by atoms with Crippen molar-refractivity contribution in [2.75, 3.05) is 5.32 Å². The van der Waals surface area contributed by atoms with Crippen LogP contribution in [0.2, 0.25) is 0 Å². The van der Waals surface area contributed by atoms with Crippen molar-refractivity contribution in [3.8, 4) is 0 Å². The molecule has 1 amide bonds. The van der Waals surface area contributed by atoms with E-state index < -0.39 is 5.60 Å². The Balaban J connectivity index is 1.51. The fourth-order valence-corrected chi connectivity index (χ4v) is 4.57. The number of carbonyl (C=O) groups is 1. The largest absolute Gasteiger partial charge is 0.386 e. The molecule has 8 heteroatoms. The van der Waals surface area contributed by atoms with E-state index >= 15 is 0 Å². The summed E-state index contributed by atoms with van der Waals surface area (Å²) in [6.07, 6.45) is 11.7. The van der Waals surface area contributed by atoms with Crippen LogP contribution < -0.4 is 5.32 Å². The van der Waals surface area contributed by atoms with Crippen LogP contribution in [0.4, 0.5) is 5.69 Å². The van der Waals surface area contributed by atoms with Gasteiger partial charge in [-0.1, -0.05) is 6.92 Å². The van der Waals surface area contributed by atoms with Crippen LogP contribution in [0.5, 0.6) is 0 Å². The molecule has 8 nitrogen and oxygen atoms in total. The molecule has 0 spiro atoms. The molecule has 1 aliphatic carbocycles. The zero-order valence-corrected chi connectivity index (χ0v) is 18.6. The van der Waals surface area contributed by atoms with Crippen LogP contribution in [0, 0.1) is 5.92 Å². The molecular formula is C24H28N6O2. The number of nitrogens with zero attached hydrogens (tertiary/aromatic N) is 5. The highest BCUT2D eigenvalue weighted by molar-refractivity contribution is 6.08. The zero-order chi connectivity index (χ0) is 22.5. The number of aliphatic hydroxyl groups is 1. The first-order valence-corrected chi connectivity index (χ1v) is 11.1. The van der Waals surface area contributed by atoms with Gasteiger partial charge in [-0.15, -0.1) is 0 Å². The summed E-state index contributed by atoms with van der Waals surface area (Å²) in [7, 11) is 0. The zero-order valence-electron chi connectivity index (χ0n) is 18.6. The predicted octanol–water partition coefficient (Wildman–Crippen LogP) is 4.31. The molecule has 1 aliphatic rings. The molecule has 1 aromatic carbocycles. The highest BCUT2D eigenvalue weighted by atomic mass is 16.3. The number of amides is 1. The van der Waals surface area contributed by atoms with Gasteiger partial charge < -0.3 is 10.4 Å². The van der Waals surface area contributed by atoms with Crippen LogP contribution in [0.25, 0.3) is 16.6 Å². The van der Waals surface area contributed by atoms with Crippen molar-refractivity contribution in [3.05, 3.63) is 54.4 Å². The van der Waals surface area contributed by atoms with Gasteiger partial charge in [0.2, 0.25) is 0 Å². The number of hydrogen-bond donors (Lipinski definition) is 2. The first-order chi connectivity index (χ1) is 15.3. The molecule has 0 unspecified atom stereocenters. The Morgan fingerprint density at radius 1 is 1.19 bits per heavy atom. The highest BCUT2D eigenvalue weighted by Gasteiger charge is 2.26. The Kier molecular flexibility index (Phi) is 4.97. The van der Waals surface area contributed by atoms with Gasteiger partial charge in [0.15, 0.2) is 11.3 Å². The van der Waals surface area contributed by atoms with Crippen LogP contribution in [0.3, 0.4) is 0 Å². The van der Waals surface area contributed by atoms with Gasteiger partial charge in [0, 0.05) is 35.2 Å². The first-order valence-electron chi connectivity index (χ1n) is 11.1. The second-order valence-electron chi connectivity index (χ2n) is 9.44. The van der Waals surface area contributed by atoms with E-state index in [0.29, 0.717) is 22.9 Å². The van der Waals surface area contributed by atoms with E-state index in [0.717, 1.165) is 29.7 Å². The second kappa shape index (κ2) is 7.70. The highest BCUT2D eigenvalue weighted by Crippen LogP contribution is 2.35. The molecule has 0 saturated heterocycles. The Bertz CT molecular complexity index is 1290. The summed E-state index contributed by atoms with van der Waals surface area (Å²) in [5.41, 5.74) is 1.53. The molecule has 3 aromatic heterocycles. The number of rotatable bonds is 4. The summed E-state index contributed by atoms with van der Waals surface area (Å²) in [5, 5.41) is 19.5. The minimum Gasteiger partial charge on any atom is -0.386 e. The van der Waals surface area contributed by atoms with Crippen LogP contribution in [-0.2, 0) is 5.60 Å². The van der Waals surface area contributed by atoms with Gasteiger partial charge >= 0.3 is 0 Å². The fourth-order valence-electron chi connectivity index (χ4n) is 4.57. The van der Waals surface area contributed by atoms with E-state index in [2.05, 4.69) is 26.9 Å². The lowest BCUT2D eigenvalue weighted by Gasteiger charge is -2.26. The van der Waals surface area contributed by atoms with Gasteiger partial charge in [0.1, 0.15) is 6.33 Å². The van der Waals surface area contributed by atoms with Crippen LogP contribution in [0.15, 0.2) is 43.1 Å². The quantitative estimate of drug-likeness (QED) is 0.501. The number of imidazole rings is 1. The van der Waals surface area contributed by atoms with E-state index in [1.807, 2.05) is 18.3 Å². The maximum atomic E-state index is 13.1. The molecule has 166 valence electrons. The molecule has 5 rings (SSSR count). The predicted molar refractivity (Wildman–Crippen MR) is 123 cm³/mol. The SMILES string of the molecule is CC(C)(O)c1cc2nn([C@H]3CC[C@H](C)CC3)cc2cc1NC(=O)c1ncn2cccnc12. The van der Waals surface area contributed by atoms with E-state index in [-0.39, 0.29) is 11.6 Å². The lowest BCUT2D eigenvalue weighted by atomic mass is 9.87. The monoisotopic (exact) mass is 432 g/mol. The third kappa shape index (κ3) is 3.75. The molecule has 0 aliphatic heterocycles. The lowest BCUT2D eigenvalue weighted by molar-refractivity contribution is 0.0794.